The number of methoxy groups -OCH3 is 1. The number of hydrogen-bond acceptors (Lipinski definition) is 5. The molecule has 0 aliphatic heterocycles. The zero-order chi connectivity index (χ0) is 27.4. The molecular weight excluding hydrogens is 552 g/mol. The zero-order valence-electron chi connectivity index (χ0n) is 23.0. The van der Waals surface area contributed by atoms with Crippen LogP contribution in [0.1, 0.15) is 57.7 Å². The largest absolute Gasteiger partial charge is 0.497 e. The molecule has 204 valence electrons. The molecule has 9 heteroatoms. The second kappa shape index (κ2) is 12.3. The molecule has 0 spiro atoms. The maximum atomic E-state index is 12.8. The normalized spacial score (nSPS) is 20.7. The lowest BCUT2D eigenvalue weighted by Gasteiger charge is -2.44. The molecule has 1 N–H and O–H groups in total. The summed E-state index contributed by atoms with van der Waals surface area (Å²) < 4.78 is 20.1. The Labute approximate surface area is 229 Å². The van der Waals surface area contributed by atoms with E-state index in [0.29, 0.717) is 31.1 Å². The number of nitrogens with zero attached hydrogens (tertiary/aromatic N) is 1. The Balaban J connectivity index is 1.83. The molecule has 0 bridgehead atoms. The molecule has 1 aliphatic carbocycles. The van der Waals surface area contributed by atoms with Crippen LogP contribution in [0.2, 0.25) is 18.1 Å². The Morgan fingerprint density at radius 1 is 1.19 bits per heavy atom. The van der Waals surface area contributed by atoms with Crippen LogP contribution >= 0.6 is 15.9 Å². The number of halogens is 1. The first-order chi connectivity index (χ1) is 17.4. The predicted molar refractivity (Wildman–Crippen MR) is 155 cm³/mol. The van der Waals surface area contributed by atoms with Crippen molar-refractivity contribution >= 4 is 30.3 Å². The summed E-state index contributed by atoms with van der Waals surface area (Å²) in [4.78, 5) is 29.1. The van der Waals surface area contributed by atoms with Gasteiger partial charge in [-0.25, -0.2) is 4.79 Å². The molecule has 3 rings (SSSR count). The maximum absolute atomic E-state index is 12.8. The van der Waals surface area contributed by atoms with E-state index in [4.69, 9.17) is 13.9 Å². The molecule has 37 heavy (non-hydrogen) atoms. The summed E-state index contributed by atoms with van der Waals surface area (Å²) in [6.45, 7) is 14.7. The van der Waals surface area contributed by atoms with Gasteiger partial charge in [0.15, 0.2) is 8.32 Å². The highest BCUT2D eigenvalue weighted by atomic mass is 79.9. The van der Waals surface area contributed by atoms with Crippen molar-refractivity contribution in [3.8, 4) is 5.75 Å². The van der Waals surface area contributed by atoms with Crippen molar-refractivity contribution in [3.05, 3.63) is 67.4 Å². The average molecular weight is 594 g/mol. The van der Waals surface area contributed by atoms with Crippen LogP contribution in [0.5, 0.6) is 5.75 Å². The van der Waals surface area contributed by atoms with Crippen LogP contribution in [0.15, 0.2) is 45.0 Å². The number of rotatable bonds is 11. The third-order valence-electron chi connectivity index (χ3n) is 8.44. The van der Waals surface area contributed by atoms with Crippen LogP contribution in [0.3, 0.4) is 0 Å². The summed E-state index contributed by atoms with van der Waals surface area (Å²) in [5.74, 6) is 1.43. The number of nitrogens with one attached hydrogen (secondary N) is 1. The topological polar surface area (TPSA) is 82.5 Å². The molecule has 1 fully saturated rings. The van der Waals surface area contributed by atoms with Crippen molar-refractivity contribution < 1.29 is 13.9 Å². The van der Waals surface area contributed by atoms with Crippen LogP contribution < -0.4 is 16.0 Å². The van der Waals surface area contributed by atoms with Crippen molar-refractivity contribution in [1.29, 1.82) is 0 Å². The minimum atomic E-state index is -2.12. The van der Waals surface area contributed by atoms with Crippen molar-refractivity contribution in [3.63, 3.8) is 0 Å². The number of hydrogen-bond donors (Lipinski definition) is 1. The Kier molecular flexibility index (Phi) is 9.83. The number of H-pyrrole nitrogens is 1. The molecule has 1 aliphatic rings. The van der Waals surface area contributed by atoms with Crippen molar-refractivity contribution in [2.24, 2.45) is 11.8 Å². The lowest BCUT2D eigenvalue weighted by Crippen LogP contribution is -2.48. The van der Waals surface area contributed by atoms with E-state index in [-0.39, 0.29) is 28.8 Å². The van der Waals surface area contributed by atoms with E-state index in [1.165, 1.54) is 0 Å². The molecule has 0 radical (unpaired) electrons. The van der Waals surface area contributed by atoms with Crippen LogP contribution in [-0.2, 0) is 15.8 Å². The smallest absolute Gasteiger partial charge is 0.328 e. The van der Waals surface area contributed by atoms with Gasteiger partial charge in [0.25, 0.3) is 5.56 Å². The van der Waals surface area contributed by atoms with Crippen LogP contribution in [-0.4, -0.2) is 37.7 Å². The number of aromatic nitrogens is 2. The van der Waals surface area contributed by atoms with Gasteiger partial charge >= 0.3 is 5.69 Å². The fraction of sp³-hybridized carbons (Fsp3) is 0.571. The van der Waals surface area contributed by atoms with Gasteiger partial charge in [0.2, 0.25) is 0 Å². The summed E-state index contributed by atoms with van der Waals surface area (Å²) in [7, 11) is -0.470. The fourth-order valence-electron chi connectivity index (χ4n) is 4.84. The predicted octanol–water partition coefficient (Wildman–Crippen LogP) is 6.11. The van der Waals surface area contributed by atoms with Gasteiger partial charge in [-0.3, -0.25) is 14.3 Å². The average Bonchev–Trinajstić information content (AvgIpc) is 3.22. The lowest BCUT2D eigenvalue weighted by atomic mass is 9.99. The van der Waals surface area contributed by atoms with Gasteiger partial charge in [-0.05, 0) is 65.6 Å². The van der Waals surface area contributed by atoms with Gasteiger partial charge in [0.05, 0.1) is 32.0 Å². The highest BCUT2D eigenvalue weighted by Gasteiger charge is 2.47. The quantitative estimate of drug-likeness (QED) is 0.318. The van der Waals surface area contributed by atoms with E-state index in [1.54, 1.807) is 28.9 Å². The highest BCUT2D eigenvalue weighted by molar-refractivity contribution is 9.11. The molecule has 0 amide bonds. The second-order valence-corrected chi connectivity index (χ2v) is 16.4. The molecule has 3 atom stereocenters. The Hall–Kier alpha value is -1.94. The minimum absolute atomic E-state index is 0.0328. The van der Waals surface area contributed by atoms with Gasteiger partial charge in [-0.1, -0.05) is 55.8 Å². The summed E-state index contributed by atoms with van der Waals surface area (Å²) in [6.07, 6.45) is 4.71. The molecule has 7 nitrogen and oxygen atoms in total. The molecule has 0 unspecified atom stereocenters. The van der Waals surface area contributed by atoms with Gasteiger partial charge in [0.1, 0.15) is 5.75 Å². The summed E-state index contributed by atoms with van der Waals surface area (Å²) in [5, 5.41) is 0.0717. The van der Waals surface area contributed by atoms with E-state index in [9.17, 15) is 9.59 Å². The van der Waals surface area contributed by atoms with E-state index in [0.717, 1.165) is 17.7 Å². The third kappa shape index (κ3) is 6.93. The highest BCUT2D eigenvalue weighted by Crippen LogP contribution is 2.47. The van der Waals surface area contributed by atoms with Gasteiger partial charge in [0, 0.05) is 18.2 Å². The fourth-order valence-corrected chi connectivity index (χ4v) is 7.86. The molecule has 1 heterocycles. The summed E-state index contributed by atoms with van der Waals surface area (Å²) in [6, 6.07) is 7.78. The zero-order valence-corrected chi connectivity index (χ0v) is 25.6. The van der Waals surface area contributed by atoms with E-state index in [2.05, 4.69) is 61.7 Å². The molecule has 1 aromatic heterocycles. The van der Waals surface area contributed by atoms with Crippen LogP contribution in [0.25, 0.3) is 6.08 Å². The maximum Gasteiger partial charge on any atom is 0.328 e. The van der Waals surface area contributed by atoms with Gasteiger partial charge < -0.3 is 13.9 Å². The Morgan fingerprint density at radius 3 is 2.46 bits per heavy atom. The number of aromatic amines is 1. The SMILES string of the molecule is COc1ccc(COC[C@H]2C[C@@H](n3cc(/C=C/Br)c(=O)[nH]c3=O)C[C@@H]2O[Si](C)(C)C(C)(C)C(C)C)cc1. The molecular formula is C28H41BrN2O5Si. The first kappa shape index (κ1) is 29.6. The minimum Gasteiger partial charge on any atom is -0.497 e. The summed E-state index contributed by atoms with van der Waals surface area (Å²) in [5.41, 5.74) is 0.726. The monoisotopic (exact) mass is 592 g/mol. The van der Waals surface area contributed by atoms with Crippen molar-refractivity contribution in [1.82, 2.24) is 9.55 Å². The van der Waals surface area contributed by atoms with E-state index < -0.39 is 13.9 Å². The van der Waals surface area contributed by atoms with Crippen LogP contribution in [0, 0.1) is 11.8 Å². The second-order valence-electron chi connectivity index (χ2n) is 11.3. The molecule has 1 aromatic carbocycles. The standard InChI is InChI=1S/C28H41BrN2O5Si/c1-19(2)28(3,4)37(6,7)36-25-15-23(31-16-21(12-13-29)26(32)30-27(31)33)14-22(25)18-35-17-20-8-10-24(34-5)11-9-20/h8-13,16,19,22-23,25H,14-15,17-18H2,1-7H3,(H,30,32,33)/b13-12+/t22-,23-,25+/m1/s1. The lowest BCUT2D eigenvalue weighted by molar-refractivity contribution is 0.0400. The molecule has 2 aromatic rings. The van der Waals surface area contributed by atoms with Gasteiger partial charge in [-0.15, -0.1) is 0 Å². The third-order valence-corrected chi connectivity index (χ3v) is 13.3. The molecule has 0 saturated heterocycles. The first-order valence-corrected chi connectivity index (χ1v) is 16.7. The van der Waals surface area contributed by atoms with E-state index in [1.807, 2.05) is 24.3 Å². The van der Waals surface area contributed by atoms with E-state index >= 15 is 0 Å². The first-order valence-electron chi connectivity index (χ1n) is 12.9. The van der Waals surface area contributed by atoms with Crippen LogP contribution in [0.4, 0.5) is 0 Å². The number of benzene rings is 1. The summed E-state index contributed by atoms with van der Waals surface area (Å²) >= 11 is 3.23. The molecule has 1 saturated carbocycles. The van der Waals surface area contributed by atoms with Crippen molar-refractivity contribution in [2.45, 2.75) is 77.4 Å². The Morgan fingerprint density at radius 2 is 1.86 bits per heavy atom. The Bertz CT molecular complexity index is 1190. The number of ether oxygens (including phenoxy) is 2. The van der Waals surface area contributed by atoms with Gasteiger partial charge in [-0.2, -0.15) is 0 Å². The van der Waals surface area contributed by atoms with Crippen molar-refractivity contribution in [2.75, 3.05) is 13.7 Å².